The number of anilines is 1. The molecule has 1 aliphatic heterocycles. The van der Waals surface area contributed by atoms with Crippen molar-refractivity contribution in [3.05, 3.63) is 65.2 Å². The molecule has 1 aliphatic rings. The molecule has 2 aromatic carbocycles. The van der Waals surface area contributed by atoms with Crippen molar-refractivity contribution in [2.24, 2.45) is 0 Å². The summed E-state index contributed by atoms with van der Waals surface area (Å²) in [5.41, 5.74) is 2.70. The Hall–Kier alpha value is -2.66. The maximum atomic E-state index is 12.4. The summed E-state index contributed by atoms with van der Waals surface area (Å²) in [5, 5.41) is 9.20. The lowest BCUT2D eigenvalue weighted by molar-refractivity contribution is 0.0949. The normalized spacial score (nSPS) is 16.4. The van der Waals surface area contributed by atoms with Crippen LogP contribution in [0.2, 0.25) is 0 Å². The maximum Gasteiger partial charge on any atom is 0.255 e. The monoisotopic (exact) mass is 337 g/mol. The number of hydrogen-bond donors (Lipinski definition) is 3. The molecule has 2 amide bonds. The smallest absolute Gasteiger partial charge is 0.255 e. The van der Waals surface area contributed by atoms with Crippen LogP contribution in [0.3, 0.4) is 0 Å². The topological polar surface area (TPSA) is 70.2 Å². The second-order valence-corrected chi connectivity index (χ2v) is 6.35. The van der Waals surface area contributed by atoms with Gasteiger partial charge >= 0.3 is 0 Å². The van der Waals surface area contributed by atoms with Gasteiger partial charge in [-0.1, -0.05) is 24.3 Å². The second-order valence-electron chi connectivity index (χ2n) is 6.35. The van der Waals surface area contributed by atoms with Gasteiger partial charge in [-0.2, -0.15) is 0 Å². The third kappa shape index (κ3) is 4.45. The van der Waals surface area contributed by atoms with Crippen molar-refractivity contribution < 1.29 is 9.59 Å². The molecule has 0 aliphatic carbocycles. The molecule has 0 bridgehead atoms. The molecule has 0 spiro atoms. The van der Waals surface area contributed by atoms with Crippen molar-refractivity contribution in [3.8, 4) is 0 Å². The Morgan fingerprint density at radius 1 is 1.08 bits per heavy atom. The highest BCUT2D eigenvalue weighted by atomic mass is 16.2. The Bertz CT molecular complexity index is 753. The number of aryl methyl sites for hydroxylation is 1. The molecule has 1 atom stereocenters. The summed E-state index contributed by atoms with van der Waals surface area (Å²) >= 11 is 0. The summed E-state index contributed by atoms with van der Waals surface area (Å²) in [7, 11) is 0. The predicted molar refractivity (Wildman–Crippen MR) is 98.9 cm³/mol. The fourth-order valence-electron chi connectivity index (χ4n) is 2.93. The van der Waals surface area contributed by atoms with Crippen LogP contribution in [0.25, 0.3) is 0 Å². The van der Waals surface area contributed by atoms with Crippen LogP contribution in [-0.4, -0.2) is 30.9 Å². The van der Waals surface area contributed by atoms with Crippen molar-refractivity contribution in [3.63, 3.8) is 0 Å². The average Bonchev–Trinajstić information content (AvgIpc) is 3.16. The van der Waals surface area contributed by atoms with Gasteiger partial charge in [0.25, 0.3) is 11.8 Å². The molecule has 0 aromatic heterocycles. The Labute approximate surface area is 147 Å². The van der Waals surface area contributed by atoms with Gasteiger partial charge in [-0.15, -0.1) is 0 Å². The van der Waals surface area contributed by atoms with Gasteiger partial charge in [0.1, 0.15) is 0 Å². The number of carbonyl (C=O) groups excluding carboxylic acids is 2. The van der Waals surface area contributed by atoms with E-state index >= 15 is 0 Å². The minimum atomic E-state index is -0.184. The Balaban J connectivity index is 1.67. The van der Waals surface area contributed by atoms with Crippen LogP contribution >= 0.6 is 0 Å². The standard InChI is InChI=1S/C20H23N3O2/c1-14-9-10-16(19(24)22-13-17-8-5-11-21-17)12-18(14)23-20(25)15-6-3-2-4-7-15/h2-4,6-7,9-10,12,17,21H,5,8,11,13H2,1H3,(H,22,24)(H,23,25). The Morgan fingerprint density at radius 3 is 2.60 bits per heavy atom. The summed E-state index contributed by atoms with van der Waals surface area (Å²) < 4.78 is 0. The third-order valence-corrected chi connectivity index (χ3v) is 4.46. The zero-order valence-electron chi connectivity index (χ0n) is 14.3. The Morgan fingerprint density at radius 2 is 1.88 bits per heavy atom. The van der Waals surface area contributed by atoms with E-state index in [0.29, 0.717) is 29.4 Å². The number of nitrogens with one attached hydrogen (secondary N) is 3. The minimum Gasteiger partial charge on any atom is -0.350 e. The fraction of sp³-hybridized carbons (Fsp3) is 0.300. The molecular weight excluding hydrogens is 314 g/mol. The van der Waals surface area contributed by atoms with Crippen molar-refractivity contribution in [2.45, 2.75) is 25.8 Å². The highest BCUT2D eigenvalue weighted by Gasteiger charge is 2.16. The molecule has 5 nitrogen and oxygen atoms in total. The molecule has 130 valence electrons. The zero-order chi connectivity index (χ0) is 17.6. The molecule has 1 heterocycles. The molecule has 3 N–H and O–H groups in total. The van der Waals surface area contributed by atoms with Crippen LogP contribution in [0.15, 0.2) is 48.5 Å². The van der Waals surface area contributed by atoms with Gasteiger partial charge in [-0.3, -0.25) is 9.59 Å². The fourth-order valence-corrected chi connectivity index (χ4v) is 2.93. The number of amides is 2. The van der Waals surface area contributed by atoms with Crippen LogP contribution in [0.4, 0.5) is 5.69 Å². The highest BCUT2D eigenvalue weighted by Crippen LogP contribution is 2.18. The highest BCUT2D eigenvalue weighted by molar-refractivity contribution is 6.05. The lowest BCUT2D eigenvalue weighted by atomic mass is 10.1. The van der Waals surface area contributed by atoms with Crippen LogP contribution in [-0.2, 0) is 0 Å². The van der Waals surface area contributed by atoms with Gasteiger partial charge in [-0.05, 0) is 56.1 Å². The van der Waals surface area contributed by atoms with E-state index in [1.807, 2.05) is 31.2 Å². The van der Waals surface area contributed by atoms with Crippen molar-refractivity contribution >= 4 is 17.5 Å². The van der Waals surface area contributed by atoms with Gasteiger partial charge < -0.3 is 16.0 Å². The summed E-state index contributed by atoms with van der Waals surface area (Å²) in [5.74, 6) is -0.305. The van der Waals surface area contributed by atoms with E-state index in [-0.39, 0.29) is 11.8 Å². The van der Waals surface area contributed by atoms with Crippen molar-refractivity contribution in [1.29, 1.82) is 0 Å². The number of hydrogen-bond acceptors (Lipinski definition) is 3. The maximum absolute atomic E-state index is 12.4. The van der Waals surface area contributed by atoms with E-state index in [1.165, 1.54) is 0 Å². The molecule has 1 saturated heterocycles. The molecule has 0 radical (unpaired) electrons. The SMILES string of the molecule is Cc1ccc(C(=O)NCC2CCCN2)cc1NC(=O)c1ccccc1. The summed E-state index contributed by atoms with van der Waals surface area (Å²) in [6.07, 6.45) is 2.24. The summed E-state index contributed by atoms with van der Waals surface area (Å²) in [6.45, 7) is 3.55. The van der Waals surface area contributed by atoms with Gasteiger partial charge in [0.2, 0.25) is 0 Å². The molecule has 0 saturated carbocycles. The van der Waals surface area contributed by atoms with Crippen LogP contribution in [0.5, 0.6) is 0 Å². The predicted octanol–water partition coefficient (Wildman–Crippen LogP) is 2.73. The van der Waals surface area contributed by atoms with E-state index in [1.54, 1.807) is 24.3 Å². The first-order chi connectivity index (χ1) is 12.1. The zero-order valence-corrected chi connectivity index (χ0v) is 14.3. The van der Waals surface area contributed by atoms with E-state index < -0.39 is 0 Å². The summed E-state index contributed by atoms with van der Waals surface area (Å²) in [6, 6.07) is 14.7. The molecule has 1 unspecified atom stereocenters. The minimum absolute atomic E-state index is 0.121. The van der Waals surface area contributed by atoms with E-state index in [0.717, 1.165) is 24.9 Å². The van der Waals surface area contributed by atoms with Crippen LogP contribution < -0.4 is 16.0 Å². The summed E-state index contributed by atoms with van der Waals surface area (Å²) in [4.78, 5) is 24.7. The largest absolute Gasteiger partial charge is 0.350 e. The first kappa shape index (κ1) is 17.2. The molecule has 2 aromatic rings. The van der Waals surface area contributed by atoms with Crippen molar-refractivity contribution in [2.75, 3.05) is 18.4 Å². The van der Waals surface area contributed by atoms with Gasteiger partial charge in [-0.25, -0.2) is 0 Å². The van der Waals surface area contributed by atoms with Crippen LogP contribution in [0.1, 0.15) is 39.1 Å². The van der Waals surface area contributed by atoms with Gasteiger partial charge in [0.05, 0.1) is 0 Å². The molecular formula is C20H23N3O2. The first-order valence-electron chi connectivity index (χ1n) is 8.62. The van der Waals surface area contributed by atoms with Gasteiger partial charge in [0, 0.05) is 29.4 Å². The number of rotatable bonds is 5. The molecule has 1 fully saturated rings. The molecule has 5 heteroatoms. The third-order valence-electron chi connectivity index (χ3n) is 4.46. The number of carbonyl (C=O) groups is 2. The lowest BCUT2D eigenvalue weighted by Gasteiger charge is -2.13. The Kier molecular flexibility index (Phi) is 5.46. The number of benzene rings is 2. The molecule has 3 rings (SSSR count). The van der Waals surface area contributed by atoms with E-state index in [4.69, 9.17) is 0 Å². The van der Waals surface area contributed by atoms with Gasteiger partial charge in [0.15, 0.2) is 0 Å². The average molecular weight is 337 g/mol. The quantitative estimate of drug-likeness (QED) is 0.786. The molecule has 25 heavy (non-hydrogen) atoms. The second kappa shape index (κ2) is 7.94. The first-order valence-corrected chi connectivity index (χ1v) is 8.62. The van der Waals surface area contributed by atoms with Crippen LogP contribution in [0, 0.1) is 6.92 Å². The lowest BCUT2D eigenvalue weighted by Crippen LogP contribution is -2.37. The van der Waals surface area contributed by atoms with E-state index in [2.05, 4.69) is 16.0 Å². The van der Waals surface area contributed by atoms with Crippen molar-refractivity contribution in [1.82, 2.24) is 10.6 Å². The van der Waals surface area contributed by atoms with E-state index in [9.17, 15) is 9.59 Å².